The van der Waals surface area contributed by atoms with Crippen molar-refractivity contribution in [2.24, 2.45) is 5.73 Å². The Labute approximate surface area is 56.4 Å². The van der Waals surface area contributed by atoms with Gasteiger partial charge in [-0.3, -0.25) is 0 Å². The molecule has 0 bridgehead atoms. The van der Waals surface area contributed by atoms with Gasteiger partial charge in [-0.25, -0.2) is 0 Å². The lowest BCUT2D eigenvalue weighted by molar-refractivity contribution is 0.690. The molecule has 0 heterocycles. The van der Waals surface area contributed by atoms with Crippen LogP contribution in [0.4, 0.5) is 0 Å². The van der Waals surface area contributed by atoms with E-state index in [1.54, 1.807) is 0 Å². The molecule has 0 aliphatic heterocycles. The Bertz CT molecular complexity index is 127. The minimum absolute atomic E-state index is 0.225. The maximum atomic E-state index is 5.28. The van der Waals surface area contributed by atoms with Crippen molar-refractivity contribution in [2.45, 2.75) is 19.9 Å². The van der Waals surface area contributed by atoms with Crippen LogP contribution in [0.5, 0.6) is 0 Å². The zero-order chi connectivity index (χ0) is 7.44. The molecule has 0 aliphatic rings. The molecule has 0 amide bonds. The quantitative estimate of drug-likeness (QED) is 0.553. The summed E-state index contributed by atoms with van der Waals surface area (Å²) in [5.41, 5.74) is 6.34. The molecule has 0 fully saturated rings. The van der Waals surface area contributed by atoms with E-state index >= 15 is 0 Å². The maximum absolute atomic E-state index is 5.28. The zero-order valence-electron chi connectivity index (χ0n) is 6.07. The summed E-state index contributed by atoms with van der Waals surface area (Å²) < 4.78 is 0. The first-order valence-corrected chi connectivity index (χ1v) is 2.90. The van der Waals surface area contributed by atoms with Gasteiger partial charge in [-0.2, -0.15) is 0 Å². The van der Waals surface area contributed by atoms with Crippen LogP contribution in [0, 0.1) is 0 Å². The van der Waals surface area contributed by atoms with Crippen molar-refractivity contribution in [2.75, 3.05) is 0 Å². The van der Waals surface area contributed by atoms with Gasteiger partial charge >= 0.3 is 0 Å². The second-order valence-electron chi connectivity index (χ2n) is 2.24. The van der Waals surface area contributed by atoms with E-state index in [4.69, 9.17) is 5.73 Å². The smallest absolute Gasteiger partial charge is 0.0890 e. The van der Waals surface area contributed by atoms with E-state index in [1.807, 2.05) is 13.8 Å². The van der Waals surface area contributed by atoms with Gasteiger partial charge in [0.15, 0.2) is 0 Å². The molecule has 2 heteroatoms. The number of hydrogen-bond donors (Lipinski definition) is 2. The van der Waals surface area contributed by atoms with Crippen molar-refractivity contribution in [3.8, 4) is 0 Å². The topological polar surface area (TPSA) is 38.0 Å². The lowest BCUT2D eigenvalue weighted by Gasteiger charge is -2.13. The van der Waals surface area contributed by atoms with E-state index in [9.17, 15) is 0 Å². The molecule has 0 aromatic heterocycles. The maximum Gasteiger partial charge on any atom is 0.0890 e. The summed E-state index contributed by atoms with van der Waals surface area (Å²) in [6, 6.07) is 0.225. The lowest BCUT2D eigenvalue weighted by atomic mass is 10.2. The van der Waals surface area contributed by atoms with Crippen molar-refractivity contribution in [1.29, 1.82) is 0 Å². The average molecular weight is 126 g/mol. The predicted molar refractivity (Wildman–Crippen MR) is 40.7 cm³/mol. The Balaban J connectivity index is 3.63. The van der Waals surface area contributed by atoms with E-state index in [-0.39, 0.29) is 6.04 Å². The summed E-state index contributed by atoms with van der Waals surface area (Å²) in [6.45, 7) is 11.2. The SMILES string of the molecule is C=C(N)NC(C)C(=C)C. The Morgan fingerprint density at radius 2 is 2.00 bits per heavy atom. The molecule has 0 aromatic rings. The molecule has 0 spiro atoms. The van der Waals surface area contributed by atoms with Crippen LogP contribution in [-0.4, -0.2) is 6.04 Å². The van der Waals surface area contributed by atoms with Crippen LogP contribution in [0.25, 0.3) is 0 Å². The number of hydrogen-bond acceptors (Lipinski definition) is 2. The molecule has 9 heavy (non-hydrogen) atoms. The second kappa shape index (κ2) is 3.17. The summed E-state index contributed by atoms with van der Waals surface area (Å²) in [4.78, 5) is 0. The standard InChI is InChI=1S/C7H14N2/c1-5(2)6(3)9-7(4)8/h6,9H,1,4,8H2,2-3H3. The van der Waals surface area contributed by atoms with Crippen molar-refractivity contribution in [3.05, 3.63) is 24.6 Å². The van der Waals surface area contributed by atoms with Crippen molar-refractivity contribution in [1.82, 2.24) is 5.32 Å². The van der Waals surface area contributed by atoms with Crippen molar-refractivity contribution < 1.29 is 0 Å². The fourth-order valence-electron chi connectivity index (χ4n) is 0.401. The first-order valence-electron chi connectivity index (χ1n) is 2.90. The molecule has 0 radical (unpaired) electrons. The second-order valence-corrected chi connectivity index (χ2v) is 2.24. The highest BCUT2D eigenvalue weighted by atomic mass is 15.0. The lowest BCUT2D eigenvalue weighted by Crippen LogP contribution is -2.29. The van der Waals surface area contributed by atoms with Gasteiger partial charge in [-0.1, -0.05) is 18.7 Å². The Kier molecular flexibility index (Phi) is 2.85. The first-order chi connectivity index (χ1) is 4.04. The highest BCUT2D eigenvalue weighted by Gasteiger charge is 1.98. The highest BCUT2D eigenvalue weighted by molar-refractivity contribution is 5.03. The van der Waals surface area contributed by atoms with E-state index in [1.165, 1.54) is 0 Å². The van der Waals surface area contributed by atoms with Gasteiger partial charge in [-0.05, 0) is 13.8 Å². The first kappa shape index (κ1) is 8.08. The molecule has 0 aromatic carbocycles. The Hall–Kier alpha value is -0.920. The van der Waals surface area contributed by atoms with Gasteiger partial charge in [0.25, 0.3) is 0 Å². The molecule has 0 saturated carbocycles. The molecule has 0 saturated heterocycles. The van der Waals surface area contributed by atoms with Crippen LogP contribution < -0.4 is 11.1 Å². The molecular weight excluding hydrogens is 112 g/mol. The molecule has 0 rings (SSSR count). The number of nitrogens with two attached hydrogens (primary N) is 1. The predicted octanol–water partition coefficient (Wildman–Crippen LogP) is 0.970. The van der Waals surface area contributed by atoms with E-state index in [0.717, 1.165) is 5.57 Å². The summed E-state index contributed by atoms with van der Waals surface area (Å²) in [7, 11) is 0. The fourth-order valence-corrected chi connectivity index (χ4v) is 0.401. The summed E-state index contributed by atoms with van der Waals surface area (Å²) in [5, 5.41) is 2.93. The number of nitrogens with one attached hydrogen (secondary N) is 1. The Morgan fingerprint density at radius 3 is 2.11 bits per heavy atom. The van der Waals surface area contributed by atoms with Gasteiger partial charge in [-0.15, -0.1) is 0 Å². The Morgan fingerprint density at radius 1 is 1.56 bits per heavy atom. The summed E-state index contributed by atoms with van der Waals surface area (Å²) in [5.74, 6) is 0.491. The molecule has 0 aliphatic carbocycles. The third-order valence-corrected chi connectivity index (χ3v) is 1.14. The third kappa shape index (κ3) is 3.64. The zero-order valence-corrected chi connectivity index (χ0v) is 6.07. The molecular formula is C7H14N2. The minimum atomic E-state index is 0.225. The average Bonchev–Trinajstić information content (AvgIpc) is 1.63. The van der Waals surface area contributed by atoms with Gasteiger partial charge in [0.2, 0.25) is 0 Å². The van der Waals surface area contributed by atoms with Crippen LogP contribution >= 0.6 is 0 Å². The van der Waals surface area contributed by atoms with Crippen LogP contribution in [0.1, 0.15) is 13.8 Å². The molecule has 2 nitrogen and oxygen atoms in total. The largest absolute Gasteiger partial charge is 0.386 e. The van der Waals surface area contributed by atoms with Gasteiger partial charge in [0.05, 0.1) is 5.82 Å². The summed E-state index contributed by atoms with van der Waals surface area (Å²) in [6.07, 6.45) is 0. The minimum Gasteiger partial charge on any atom is -0.386 e. The van der Waals surface area contributed by atoms with Crippen LogP contribution in [0.3, 0.4) is 0 Å². The van der Waals surface area contributed by atoms with Crippen LogP contribution in [-0.2, 0) is 0 Å². The normalized spacial score (nSPS) is 12.2. The third-order valence-electron chi connectivity index (χ3n) is 1.14. The van der Waals surface area contributed by atoms with Crippen molar-refractivity contribution >= 4 is 0 Å². The van der Waals surface area contributed by atoms with Crippen LogP contribution in [0.2, 0.25) is 0 Å². The van der Waals surface area contributed by atoms with Gasteiger partial charge < -0.3 is 11.1 Å². The fraction of sp³-hybridized carbons (Fsp3) is 0.429. The van der Waals surface area contributed by atoms with E-state index < -0.39 is 0 Å². The van der Waals surface area contributed by atoms with Crippen LogP contribution in [0.15, 0.2) is 24.6 Å². The number of rotatable bonds is 3. The van der Waals surface area contributed by atoms with E-state index in [2.05, 4.69) is 18.5 Å². The van der Waals surface area contributed by atoms with E-state index in [0.29, 0.717) is 5.82 Å². The van der Waals surface area contributed by atoms with Gasteiger partial charge in [0, 0.05) is 6.04 Å². The summed E-state index contributed by atoms with van der Waals surface area (Å²) >= 11 is 0. The van der Waals surface area contributed by atoms with Crippen molar-refractivity contribution in [3.63, 3.8) is 0 Å². The monoisotopic (exact) mass is 126 g/mol. The highest BCUT2D eigenvalue weighted by Crippen LogP contribution is 1.95. The molecule has 1 atom stereocenters. The molecule has 1 unspecified atom stereocenters. The van der Waals surface area contributed by atoms with Gasteiger partial charge in [0.1, 0.15) is 0 Å². The molecule has 3 N–H and O–H groups in total. The molecule has 52 valence electrons.